The number of aryl methyl sites for hydroxylation is 1. The highest BCUT2D eigenvalue weighted by Crippen LogP contribution is 2.28. The van der Waals surface area contributed by atoms with Gasteiger partial charge in [-0.3, -0.25) is 14.2 Å². The maximum atomic E-state index is 11.7. The Bertz CT molecular complexity index is 914. The Morgan fingerprint density at radius 1 is 1.27 bits per heavy atom. The van der Waals surface area contributed by atoms with Crippen molar-refractivity contribution < 1.29 is 14.5 Å². The molecule has 0 spiro atoms. The van der Waals surface area contributed by atoms with E-state index in [1.807, 2.05) is 31.2 Å². The highest BCUT2D eigenvalue weighted by atomic mass is 16.6. The number of Topliss-reactive ketones (excluding diaryl/α,β-unsaturated/α-hetero) is 1. The monoisotopic (exact) mass is 355 g/mol. The molecule has 2 aromatic rings. The van der Waals surface area contributed by atoms with E-state index in [0.717, 1.165) is 5.56 Å². The maximum absolute atomic E-state index is 11.7. The van der Waals surface area contributed by atoms with E-state index in [4.69, 9.17) is 0 Å². The second kappa shape index (κ2) is 6.79. The number of benzene rings is 1. The van der Waals surface area contributed by atoms with E-state index in [1.165, 1.54) is 12.4 Å². The van der Waals surface area contributed by atoms with Crippen LogP contribution >= 0.6 is 0 Å². The number of hydrogen-bond acceptors (Lipinski definition) is 7. The lowest BCUT2D eigenvalue weighted by molar-refractivity contribution is -0.388. The number of ketones is 2. The van der Waals surface area contributed by atoms with Gasteiger partial charge in [0.1, 0.15) is 0 Å². The predicted octanol–water partition coefficient (Wildman–Crippen LogP) is 1.81. The number of imidazole rings is 1. The van der Waals surface area contributed by atoms with Crippen molar-refractivity contribution in [1.29, 1.82) is 0 Å². The second-order valence-electron chi connectivity index (χ2n) is 6.07. The van der Waals surface area contributed by atoms with Crippen LogP contribution in [0.4, 0.5) is 17.3 Å². The fourth-order valence-electron chi connectivity index (χ4n) is 2.60. The van der Waals surface area contributed by atoms with Crippen molar-refractivity contribution in [3.05, 3.63) is 58.0 Å². The first kappa shape index (κ1) is 17.3. The van der Waals surface area contributed by atoms with Crippen LogP contribution in [0.1, 0.15) is 5.56 Å². The predicted molar refractivity (Wildman–Crippen MR) is 94.1 cm³/mol. The third kappa shape index (κ3) is 3.46. The van der Waals surface area contributed by atoms with E-state index >= 15 is 0 Å². The van der Waals surface area contributed by atoms with Crippen molar-refractivity contribution in [3.8, 4) is 0 Å². The fraction of sp³-hybridized carbons (Fsp3) is 0.235. The lowest BCUT2D eigenvalue weighted by Crippen LogP contribution is -2.36. The molecule has 134 valence electrons. The van der Waals surface area contributed by atoms with Gasteiger partial charge in [-0.2, -0.15) is 0 Å². The van der Waals surface area contributed by atoms with Crippen LogP contribution < -0.4 is 5.32 Å². The molecule has 1 aromatic heterocycles. The molecule has 2 heterocycles. The lowest BCUT2D eigenvalue weighted by atomic mass is 10.1. The van der Waals surface area contributed by atoms with Crippen molar-refractivity contribution in [1.82, 2.24) is 14.5 Å². The number of carbonyl (C=O) groups is 2. The van der Waals surface area contributed by atoms with E-state index in [-0.39, 0.29) is 24.7 Å². The van der Waals surface area contributed by atoms with Gasteiger partial charge >= 0.3 is 5.82 Å². The summed E-state index contributed by atoms with van der Waals surface area (Å²) >= 11 is 0. The smallest absolute Gasteiger partial charge is 0.368 e. The molecule has 26 heavy (non-hydrogen) atoms. The lowest BCUT2D eigenvalue weighted by Gasteiger charge is -2.25. The molecule has 1 aliphatic heterocycles. The highest BCUT2D eigenvalue weighted by Gasteiger charge is 2.26. The molecule has 0 unspecified atom stereocenters. The van der Waals surface area contributed by atoms with Crippen LogP contribution in [0, 0.1) is 17.0 Å². The topological polar surface area (TPSA) is 110 Å². The SMILES string of the molecule is Cc1ccc(Nc2c([N+](=O)[O-])ncn2CC2=CC(=O)C(=O)CN2C)cc1. The molecular weight excluding hydrogens is 338 g/mol. The number of nitro groups is 1. The van der Waals surface area contributed by atoms with Gasteiger partial charge in [0, 0.05) is 24.5 Å². The molecule has 9 nitrogen and oxygen atoms in total. The Morgan fingerprint density at radius 2 is 1.96 bits per heavy atom. The molecule has 0 amide bonds. The molecule has 1 N–H and O–H groups in total. The van der Waals surface area contributed by atoms with Gasteiger partial charge in [0.2, 0.25) is 23.7 Å². The fourth-order valence-corrected chi connectivity index (χ4v) is 2.60. The number of rotatable bonds is 5. The molecule has 3 rings (SSSR count). The Hall–Kier alpha value is -3.49. The molecule has 0 saturated heterocycles. The summed E-state index contributed by atoms with van der Waals surface area (Å²) in [7, 11) is 1.69. The van der Waals surface area contributed by atoms with Crippen molar-refractivity contribution in [3.63, 3.8) is 0 Å². The first-order chi connectivity index (χ1) is 12.3. The zero-order valence-corrected chi connectivity index (χ0v) is 14.3. The summed E-state index contributed by atoms with van der Waals surface area (Å²) in [5.74, 6) is -1.16. The van der Waals surface area contributed by atoms with Crippen LogP contribution in [0.5, 0.6) is 0 Å². The van der Waals surface area contributed by atoms with Gasteiger partial charge < -0.3 is 20.3 Å². The Kier molecular flexibility index (Phi) is 4.53. The molecule has 1 aromatic carbocycles. The largest absolute Gasteiger partial charge is 0.406 e. The third-order valence-corrected chi connectivity index (χ3v) is 4.08. The molecule has 0 aliphatic carbocycles. The summed E-state index contributed by atoms with van der Waals surface area (Å²) in [4.78, 5) is 39.4. The van der Waals surface area contributed by atoms with E-state index < -0.39 is 16.5 Å². The number of nitrogens with one attached hydrogen (secondary N) is 1. The minimum Gasteiger partial charge on any atom is -0.368 e. The average molecular weight is 355 g/mol. The van der Waals surface area contributed by atoms with E-state index in [1.54, 1.807) is 16.5 Å². The van der Waals surface area contributed by atoms with Crippen LogP contribution in [-0.4, -0.2) is 44.5 Å². The van der Waals surface area contributed by atoms with Crippen LogP contribution in [0.15, 0.2) is 42.4 Å². The first-order valence-electron chi connectivity index (χ1n) is 7.87. The van der Waals surface area contributed by atoms with Gasteiger partial charge in [-0.05, 0) is 29.0 Å². The molecular formula is C17H17N5O4. The third-order valence-electron chi connectivity index (χ3n) is 4.08. The van der Waals surface area contributed by atoms with Gasteiger partial charge in [0.25, 0.3) is 0 Å². The number of carbonyl (C=O) groups excluding carboxylic acids is 2. The summed E-state index contributed by atoms with van der Waals surface area (Å²) in [6.45, 7) is 2.10. The molecule has 0 fully saturated rings. The Morgan fingerprint density at radius 3 is 2.62 bits per heavy atom. The number of hydrogen-bond donors (Lipinski definition) is 1. The second-order valence-corrected chi connectivity index (χ2v) is 6.07. The minimum atomic E-state index is -0.569. The molecule has 0 bridgehead atoms. The van der Waals surface area contributed by atoms with E-state index in [0.29, 0.717) is 11.4 Å². The number of aromatic nitrogens is 2. The molecule has 0 atom stereocenters. The van der Waals surface area contributed by atoms with E-state index in [9.17, 15) is 19.7 Å². The maximum Gasteiger partial charge on any atom is 0.406 e. The average Bonchev–Trinajstić information content (AvgIpc) is 2.97. The quantitative estimate of drug-likeness (QED) is 0.495. The first-order valence-corrected chi connectivity index (χ1v) is 7.87. The van der Waals surface area contributed by atoms with Crippen molar-refractivity contribution in [2.45, 2.75) is 13.5 Å². The number of allylic oxidation sites excluding steroid dienone is 2. The van der Waals surface area contributed by atoms with Crippen molar-refractivity contribution >= 4 is 28.9 Å². The zero-order valence-electron chi connectivity index (χ0n) is 14.3. The Labute approximate surface area is 149 Å². The van der Waals surface area contributed by atoms with Crippen LogP contribution in [0.25, 0.3) is 0 Å². The summed E-state index contributed by atoms with van der Waals surface area (Å²) in [6, 6.07) is 7.39. The molecule has 1 aliphatic rings. The van der Waals surface area contributed by atoms with Crippen LogP contribution in [-0.2, 0) is 16.1 Å². The standard InChI is InChI=1S/C17H17N5O4/c1-11-3-5-12(6-4-11)19-17-16(22(25)26)18-10-21(17)8-13-7-14(23)15(24)9-20(13)2/h3-7,10,19H,8-9H2,1-2H3. The van der Waals surface area contributed by atoms with E-state index in [2.05, 4.69) is 10.3 Å². The normalized spacial score (nSPS) is 14.4. The van der Waals surface area contributed by atoms with Gasteiger partial charge in [0.05, 0.1) is 13.1 Å². The van der Waals surface area contributed by atoms with Crippen LogP contribution in [0.3, 0.4) is 0 Å². The van der Waals surface area contributed by atoms with Gasteiger partial charge in [0.15, 0.2) is 0 Å². The molecule has 0 radical (unpaired) electrons. The van der Waals surface area contributed by atoms with Gasteiger partial charge in [-0.15, -0.1) is 0 Å². The highest BCUT2D eigenvalue weighted by molar-refractivity contribution is 6.43. The Balaban J connectivity index is 1.93. The van der Waals surface area contributed by atoms with Gasteiger partial charge in [-0.25, -0.2) is 0 Å². The number of anilines is 2. The van der Waals surface area contributed by atoms with Crippen LogP contribution in [0.2, 0.25) is 0 Å². The van der Waals surface area contributed by atoms with Gasteiger partial charge in [-0.1, -0.05) is 17.7 Å². The van der Waals surface area contributed by atoms with Crippen molar-refractivity contribution in [2.75, 3.05) is 18.9 Å². The minimum absolute atomic E-state index is 0.0117. The molecule has 9 heteroatoms. The number of likely N-dealkylation sites (N-methyl/N-ethyl adjacent to an activating group) is 1. The zero-order chi connectivity index (χ0) is 18.8. The number of nitrogens with zero attached hydrogens (tertiary/aromatic N) is 4. The summed E-state index contributed by atoms with van der Waals surface area (Å²) in [5, 5.41) is 14.3. The summed E-state index contributed by atoms with van der Waals surface area (Å²) in [6.07, 6.45) is 2.59. The molecule has 0 saturated carbocycles. The van der Waals surface area contributed by atoms with Crippen molar-refractivity contribution in [2.24, 2.45) is 0 Å². The summed E-state index contributed by atoms with van der Waals surface area (Å²) in [5.41, 5.74) is 2.32. The summed E-state index contributed by atoms with van der Waals surface area (Å²) < 4.78 is 1.55.